The molecule has 0 unspecified atom stereocenters. The van der Waals surface area contributed by atoms with Crippen molar-refractivity contribution in [1.29, 1.82) is 0 Å². The molecule has 0 spiro atoms. The Balaban J connectivity index is 1.83. The molecule has 0 bridgehead atoms. The number of ether oxygens (including phenoxy) is 2. The van der Waals surface area contributed by atoms with Gasteiger partial charge in [-0.1, -0.05) is 77.0 Å². The predicted octanol–water partition coefficient (Wildman–Crippen LogP) is 3.81. The van der Waals surface area contributed by atoms with Crippen molar-refractivity contribution < 1.29 is 34.4 Å². The fourth-order valence-corrected chi connectivity index (χ4v) is 4.31. The molecule has 1 fully saturated rings. The normalized spacial score (nSPS) is 24.0. The van der Waals surface area contributed by atoms with Crippen LogP contribution in [0.5, 0.6) is 0 Å². The number of ketones is 1. The Morgan fingerprint density at radius 2 is 1.36 bits per heavy atom. The largest absolute Gasteiger partial charge is 0.550 e. The summed E-state index contributed by atoms with van der Waals surface area (Å²) in [5, 5.41) is 30.0. The summed E-state index contributed by atoms with van der Waals surface area (Å²) in [6.45, 7) is 3.82. The average Bonchev–Trinajstić information content (AvgIpc) is 2.74. The van der Waals surface area contributed by atoms with Gasteiger partial charge in [0.2, 0.25) is 0 Å². The number of aliphatic hydroxyl groups is 2. The second-order valence-electron chi connectivity index (χ2n) is 9.75. The van der Waals surface area contributed by atoms with E-state index in [9.17, 15) is 24.9 Å². The third kappa shape index (κ3) is 15.5. The van der Waals surface area contributed by atoms with Crippen molar-refractivity contribution >= 4 is 11.8 Å². The number of hydrogen-bond acceptors (Lipinski definition) is 7. The van der Waals surface area contributed by atoms with Crippen LogP contribution in [0, 0.1) is 0 Å². The van der Waals surface area contributed by atoms with Crippen LogP contribution in [0.2, 0.25) is 0 Å². The summed E-state index contributed by atoms with van der Waals surface area (Å²) >= 11 is 0. The topological polar surface area (TPSA) is 116 Å². The van der Waals surface area contributed by atoms with Gasteiger partial charge in [0.15, 0.2) is 6.29 Å². The second-order valence-corrected chi connectivity index (χ2v) is 9.75. The maximum Gasteiger partial charge on any atom is 0.184 e. The van der Waals surface area contributed by atoms with E-state index in [-0.39, 0.29) is 18.0 Å². The maximum absolute atomic E-state index is 11.3. The second kappa shape index (κ2) is 18.3. The van der Waals surface area contributed by atoms with Crippen molar-refractivity contribution in [2.45, 2.75) is 154 Å². The Bertz CT molecular complexity index is 525. The molecule has 1 aliphatic rings. The van der Waals surface area contributed by atoms with Gasteiger partial charge in [-0.05, 0) is 26.7 Å². The molecule has 0 aromatic heterocycles. The van der Waals surface area contributed by atoms with Gasteiger partial charge in [-0.3, -0.25) is 4.79 Å². The molecule has 7 nitrogen and oxygen atoms in total. The van der Waals surface area contributed by atoms with Gasteiger partial charge in [-0.2, -0.15) is 0 Å². The molecule has 1 aliphatic heterocycles. The van der Waals surface area contributed by atoms with E-state index in [1.54, 1.807) is 6.92 Å². The molecular formula is C26H47O7-. The van der Waals surface area contributed by atoms with Gasteiger partial charge >= 0.3 is 0 Å². The van der Waals surface area contributed by atoms with E-state index in [1.807, 2.05) is 6.92 Å². The van der Waals surface area contributed by atoms with Crippen LogP contribution in [0.4, 0.5) is 0 Å². The zero-order chi connectivity index (χ0) is 24.5. The number of hydrogen-bond donors (Lipinski definition) is 2. The van der Waals surface area contributed by atoms with Crippen molar-refractivity contribution in [2.75, 3.05) is 0 Å². The Morgan fingerprint density at radius 3 is 1.88 bits per heavy atom. The van der Waals surface area contributed by atoms with Crippen LogP contribution in [0.1, 0.15) is 123 Å². The number of carbonyl (C=O) groups is 2. The Morgan fingerprint density at radius 1 is 0.879 bits per heavy atom. The van der Waals surface area contributed by atoms with Crippen molar-refractivity contribution in [3.05, 3.63) is 0 Å². The van der Waals surface area contributed by atoms with Crippen LogP contribution in [-0.2, 0) is 19.1 Å². The zero-order valence-electron chi connectivity index (χ0n) is 20.8. The summed E-state index contributed by atoms with van der Waals surface area (Å²) in [6, 6.07) is 0. The number of carboxylic acids is 1. The van der Waals surface area contributed by atoms with Crippen LogP contribution in [0.25, 0.3) is 0 Å². The van der Waals surface area contributed by atoms with Crippen LogP contribution >= 0.6 is 0 Å². The molecule has 1 saturated heterocycles. The standard InChI is InChI=1S/C26H48O7/c1-20(32-26-24(29)19-23(28)21(2)33-26)16-14-12-10-8-6-4-3-5-7-9-11-13-15-17-22(27)18-25(30)31/h20-21,23-24,26,28-29H,3-19H2,1-2H3,(H,30,31)/p-1/t20-,21+,23-,24-,26-/m1/s1. The molecule has 5 atom stereocenters. The molecule has 0 aromatic carbocycles. The van der Waals surface area contributed by atoms with Crippen LogP contribution in [-0.4, -0.2) is 52.7 Å². The number of unbranched alkanes of at least 4 members (excludes halogenated alkanes) is 12. The quantitative estimate of drug-likeness (QED) is 0.205. The molecule has 7 heteroatoms. The van der Waals surface area contributed by atoms with Crippen LogP contribution in [0.3, 0.4) is 0 Å². The molecule has 0 saturated carbocycles. The highest BCUT2D eigenvalue weighted by Gasteiger charge is 2.35. The number of Topliss-reactive ketones (excluding diaryl/α,β-unsaturated/α-hetero) is 1. The predicted molar refractivity (Wildman–Crippen MR) is 125 cm³/mol. The van der Waals surface area contributed by atoms with E-state index in [0.29, 0.717) is 12.8 Å². The van der Waals surface area contributed by atoms with Crippen LogP contribution < -0.4 is 5.11 Å². The van der Waals surface area contributed by atoms with E-state index in [0.717, 1.165) is 32.1 Å². The van der Waals surface area contributed by atoms with Gasteiger partial charge in [-0.25, -0.2) is 0 Å². The lowest BCUT2D eigenvalue weighted by molar-refractivity contribution is -0.304. The minimum atomic E-state index is -1.27. The zero-order valence-corrected chi connectivity index (χ0v) is 20.8. The van der Waals surface area contributed by atoms with E-state index in [2.05, 4.69) is 0 Å². The van der Waals surface area contributed by atoms with E-state index in [1.165, 1.54) is 57.8 Å². The summed E-state index contributed by atoms with van der Waals surface area (Å²) in [6.07, 6.45) is 14.2. The Labute approximate surface area is 200 Å². The van der Waals surface area contributed by atoms with E-state index < -0.39 is 30.9 Å². The number of carbonyl (C=O) groups excluding carboxylic acids is 2. The monoisotopic (exact) mass is 471 g/mol. The molecule has 33 heavy (non-hydrogen) atoms. The Kier molecular flexibility index (Phi) is 16.7. The van der Waals surface area contributed by atoms with Crippen molar-refractivity contribution in [1.82, 2.24) is 0 Å². The molecular weight excluding hydrogens is 424 g/mol. The molecule has 1 rings (SSSR count). The van der Waals surface area contributed by atoms with E-state index in [4.69, 9.17) is 9.47 Å². The Hall–Kier alpha value is -1.02. The molecule has 0 amide bonds. The first-order valence-electron chi connectivity index (χ1n) is 13.2. The number of rotatable bonds is 20. The van der Waals surface area contributed by atoms with Gasteiger partial charge < -0.3 is 29.6 Å². The lowest BCUT2D eigenvalue weighted by atomic mass is 10.0. The van der Waals surface area contributed by atoms with Crippen molar-refractivity contribution in [3.8, 4) is 0 Å². The van der Waals surface area contributed by atoms with Crippen LogP contribution in [0.15, 0.2) is 0 Å². The first-order valence-corrected chi connectivity index (χ1v) is 13.2. The SMILES string of the molecule is C[C@H](CCCCCCCCCCCCCCCC(=O)CC(=O)[O-])O[C@@H]1O[C@@H](C)[C@H](O)C[C@H]1O. The van der Waals surface area contributed by atoms with Crippen molar-refractivity contribution in [3.63, 3.8) is 0 Å². The minimum Gasteiger partial charge on any atom is -0.550 e. The van der Waals surface area contributed by atoms with E-state index >= 15 is 0 Å². The molecule has 0 aliphatic carbocycles. The highest BCUT2D eigenvalue weighted by Crippen LogP contribution is 2.23. The summed E-state index contributed by atoms with van der Waals surface area (Å²) < 4.78 is 11.4. The minimum absolute atomic E-state index is 0.0367. The lowest BCUT2D eigenvalue weighted by Crippen LogP contribution is -2.48. The molecule has 194 valence electrons. The summed E-state index contributed by atoms with van der Waals surface area (Å²) in [5.74, 6) is -1.49. The fourth-order valence-electron chi connectivity index (χ4n) is 4.31. The van der Waals surface area contributed by atoms with Gasteiger partial charge in [-0.15, -0.1) is 0 Å². The summed E-state index contributed by atoms with van der Waals surface area (Å²) in [4.78, 5) is 21.6. The first-order chi connectivity index (χ1) is 15.8. The van der Waals surface area contributed by atoms with Gasteiger partial charge in [0.05, 0.1) is 18.3 Å². The highest BCUT2D eigenvalue weighted by atomic mass is 16.7. The molecule has 0 aromatic rings. The molecule has 0 radical (unpaired) electrons. The summed E-state index contributed by atoms with van der Waals surface area (Å²) in [5.41, 5.74) is 0. The van der Waals surface area contributed by atoms with Gasteiger partial charge in [0.25, 0.3) is 0 Å². The first kappa shape index (κ1) is 30.0. The number of aliphatic carboxylic acids is 1. The molecule has 1 heterocycles. The third-order valence-corrected chi connectivity index (χ3v) is 6.46. The van der Waals surface area contributed by atoms with Gasteiger partial charge in [0, 0.05) is 25.2 Å². The number of carboxylic acid groups (broad SMARTS) is 1. The van der Waals surface area contributed by atoms with Crippen molar-refractivity contribution in [2.24, 2.45) is 0 Å². The smallest absolute Gasteiger partial charge is 0.184 e. The fraction of sp³-hybridized carbons (Fsp3) is 0.923. The lowest BCUT2D eigenvalue weighted by Gasteiger charge is -2.36. The molecule has 2 N–H and O–H groups in total. The highest BCUT2D eigenvalue weighted by molar-refractivity contribution is 5.93. The summed E-state index contributed by atoms with van der Waals surface area (Å²) in [7, 11) is 0. The third-order valence-electron chi connectivity index (χ3n) is 6.46. The average molecular weight is 472 g/mol. The maximum atomic E-state index is 11.3. The number of aliphatic hydroxyl groups excluding tert-OH is 2. The van der Waals surface area contributed by atoms with Gasteiger partial charge in [0.1, 0.15) is 11.9 Å².